The first-order valence-corrected chi connectivity index (χ1v) is 23.4. The zero-order valence-corrected chi connectivity index (χ0v) is 37.9. The van der Waals surface area contributed by atoms with Gasteiger partial charge in [-0.1, -0.05) is 72.8 Å². The van der Waals surface area contributed by atoms with Crippen LogP contribution in [0.3, 0.4) is 0 Å². The predicted octanol–water partition coefficient (Wildman–Crippen LogP) is 7.66. The van der Waals surface area contributed by atoms with Crippen LogP contribution in [-0.4, -0.2) is 106 Å². The molecular formula is C52H53N9O7. The first kappa shape index (κ1) is 43.3. The van der Waals surface area contributed by atoms with E-state index in [1.165, 1.54) is 14.2 Å². The van der Waals surface area contributed by atoms with Gasteiger partial charge in [0.05, 0.1) is 43.2 Å². The molecule has 6 atom stereocenters. The third kappa shape index (κ3) is 7.96. The second-order valence-electron chi connectivity index (χ2n) is 18.3. The number of rotatable bonds is 10. The molecule has 68 heavy (non-hydrogen) atoms. The van der Waals surface area contributed by atoms with E-state index in [-0.39, 0.29) is 29.8 Å². The molecule has 7 aromatic rings. The normalized spacial score (nSPS) is 21.3. The first-order valence-electron chi connectivity index (χ1n) is 23.4. The summed E-state index contributed by atoms with van der Waals surface area (Å²) in [4.78, 5) is 74.0. The Morgan fingerprint density at radius 3 is 2.24 bits per heavy atom. The quantitative estimate of drug-likeness (QED) is 0.0909. The Morgan fingerprint density at radius 1 is 0.750 bits per heavy atom. The smallest absolute Gasteiger partial charge is 0.407 e. The Hall–Kier alpha value is -7.30. The summed E-state index contributed by atoms with van der Waals surface area (Å²) >= 11 is 0. The number of benzene rings is 5. The molecule has 2 bridgehead atoms. The van der Waals surface area contributed by atoms with Crippen LogP contribution in [0.4, 0.5) is 9.59 Å². The maximum Gasteiger partial charge on any atom is 0.407 e. The van der Waals surface area contributed by atoms with Gasteiger partial charge in [0.2, 0.25) is 5.91 Å². The molecule has 16 heteroatoms. The van der Waals surface area contributed by atoms with E-state index in [1.54, 1.807) is 4.90 Å². The molecule has 5 heterocycles. The third-order valence-electron chi connectivity index (χ3n) is 14.5. The molecule has 3 saturated heterocycles. The molecule has 0 unspecified atom stereocenters. The van der Waals surface area contributed by atoms with Crippen molar-refractivity contribution in [2.75, 3.05) is 40.5 Å². The first-order chi connectivity index (χ1) is 33.2. The molecule has 11 rings (SSSR count). The van der Waals surface area contributed by atoms with Gasteiger partial charge in [0.15, 0.2) is 0 Å². The second kappa shape index (κ2) is 18.1. The number of methoxy groups -OCH3 is 2. The number of hydrogen-bond acceptors (Lipinski definition) is 10. The average Bonchev–Trinajstić information content (AvgIpc) is 4.26. The van der Waals surface area contributed by atoms with Gasteiger partial charge in [0, 0.05) is 43.3 Å². The van der Waals surface area contributed by atoms with Gasteiger partial charge >= 0.3 is 12.2 Å². The van der Waals surface area contributed by atoms with Crippen LogP contribution in [0.2, 0.25) is 0 Å². The van der Waals surface area contributed by atoms with Gasteiger partial charge in [0.1, 0.15) is 29.9 Å². The van der Waals surface area contributed by atoms with Crippen LogP contribution < -0.4 is 16.0 Å². The molecule has 348 valence electrons. The molecule has 4 fully saturated rings. The molecule has 3 aliphatic heterocycles. The van der Waals surface area contributed by atoms with Crippen molar-refractivity contribution in [2.24, 2.45) is 11.8 Å². The minimum Gasteiger partial charge on any atom is -0.453 e. The number of hydrogen-bond donors (Lipinski definition) is 5. The number of nitrogens with one attached hydrogen (secondary N) is 5. The fourth-order valence-corrected chi connectivity index (χ4v) is 11.1. The Balaban J connectivity index is 0.818. The van der Waals surface area contributed by atoms with Crippen molar-refractivity contribution >= 4 is 56.6 Å². The van der Waals surface area contributed by atoms with Crippen molar-refractivity contribution in [2.45, 2.75) is 62.4 Å². The van der Waals surface area contributed by atoms with Crippen molar-refractivity contribution in [3.8, 4) is 22.4 Å². The van der Waals surface area contributed by atoms with Crippen LogP contribution in [0, 0.1) is 11.8 Å². The summed E-state index contributed by atoms with van der Waals surface area (Å²) in [6.45, 7) is 2.13. The highest BCUT2D eigenvalue weighted by Gasteiger charge is 2.52. The zero-order chi connectivity index (χ0) is 46.5. The number of fused-ring (bicyclic) bond motifs is 6. The molecule has 0 radical (unpaired) electrons. The van der Waals surface area contributed by atoms with E-state index < -0.39 is 30.4 Å². The van der Waals surface area contributed by atoms with Crippen molar-refractivity contribution in [1.29, 1.82) is 0 Å². The SMILES string of the molecule is COC(=O)N[C@H](C(=O)N1[C@@H]2CC[C@@H](C2)[C@H]1c1ncc(-c2ccc3cc(-c4ccc5c(ccc6nc([C@@H]7NCCN7C(=O)[C@H](NC(=O)OC)c7ccccc7)[nH]c65)c4)ccc3c2)[nH]1)C1CCOCC1. The Bertz CT molecular complexity index is 3060. The Labute approximate surface area is 392 Å². The summed E-state index contributed by atoms with van der Waals surface area (Å²) in [5, 5.41) is 13.3. The lowest BCUT2D eigenvalue weighted by molar-refractivity contribution is -0.140. The molecule has 0 spiro atoms. The van der Waals surface area contributed by atoms with E-state index >= 15 is 0 Å². The van der Waals surface area contributed by atoms with Gasteiger partial charge in [0.25, 0.3) is 5.91 Å². The fourth-order valence-electron chi connectivity index (χ4n) is 11.1. The van der Waals surface area contributed by atoms with Crippen molar-refractivity contribution in [3.05, 3.63) is 120 Å². The van der Waals surface area contributed by atoms with Crippen LogP contribution in [-0.2, 0) is 23.8 Å². The van der Waals surface area contributed by atoms with Crippen LogP contribution in [0.15, 0.2) is 103 Å². The number of likely N-dealkylation sites (tertiary alicyclic amines) is 1. The summed E-state index contributed by atoms with van der Waals surface area (Å²) < 4.78 is 15.4. The number of piperidine rings is 1. The van der Waals surface area contributed by atoms with Gasteiger partial charge < -0.3 is 44.6 Å². The van der Waals surface area contributed by atoms with Gasteiger partial charge in [-0.05, 0) is 101 Å². The number of aromatic amines is 2. The molecule has 4 amide bonds. The van der Waals surface area contributed by atoms with Gasteiger partial charge in [-0.3, -0.25) is 14.9 Å². The number of H-pyrrole nitrogens is 2. The molecule has 1 aliphatic carbocycles. The monoisotopic (exact) mass is 915 g/mol. The van der Waals surface area contributed by atoms with Crippen LogP contribution >= 0.6 is 0 Å². The highest BCUT2D eigenvalue weighted by molar-refractivity contribution is 6.06. The molecule has 5 aromatic carbocycles. The number of aromatic nitrogens is 4. The zero-order valence-electron chi connectivity index (χ0n) is 37.9. The van der Waals surface area contributed by atoms with Gasteiger partial charge in [-0.15, -0.1) is 0 Å². The lowest BCUT2D eigenvalue weighted by atomic mass is 9.89. The maximum atomic E-state index is 14.4. The number of carbonyl (C=O) groups is 4. The summed E-state index contributed by atoms with van der Waals surface area (Å²) in [6.07, 6.45) is 4.34. The lowest BCUT2D eigenvalue weighted by Gasteiger charge is -2.39. The second-order valence-corrected chi connectivity index (χ2v) is 18.3. The average molecular weight is 916 g/mol. The van der Waals surface area contributed by atoms with Gasteiger partial charge in [-0.25, -0.2) is 19.6 Å². The largest absolute Gasteiger partial charge is 0.453 e. The minimum atomic E-state index is -0.929. The molecule has 2 aromatic heterocycles. The highest BCUT2D eigenvalue weighted by Crippen LogP contribution is 2.50. The van der Waals surface area contributed by atoms with Crippen molar-refractivity contribution in [3.63, 3.8) is 0 Å². The van der Waals surface area contributed by atoms with Crippen molar-refractivity contribution in [1.82, 2.24) is 45.7 Å². The number of nitrogens with zero attached hydrogens (tertiary/aromatic N) is 4. The number of alkyl carbamates (subject to hydrolysis) is 2. The maximum absolute atomic E-state index is 14.4. The minimum absolute atomic E-state index is 0.0310. The van der Waals surface area contributed by atoms with E-state index in [0.29, 0.717) is 56.5 Å². The van der Waals surface area contributed by atoms with Gasteiger partial charge in [-0.2, -0.15) is 0 Å². The fraction of sp³-hybridized carbons (Fsp3) is 0.346. The number of ether oxygens (including phenoxy) is 3. The van der Waals surface area contributed by atoms with E-state index in [2.05, 4.69) is 86.6 Å². The summed E-state index contributed by atoms with van der Waals surface area (Å²) in [5.41, 5.74) is 6.36. The number of amides is 4. The summed E-state index contributed by atoms with van der Waals surface area (Å²) in [6, 6.07) is 30.8. The molecule has 5 N–H and O–H groups in total. The molecular weight excluding hydrogens is 863 g/mol. The lowest BCUT2D eigenvalue weighted by Crippen LogP contribution is -2.55. The third-order valence-corrected chi connectivity index (χ3v) is 14.5. The topological polar surface area (TPSA) is 196 Å². The van der Waals surface area contributed by atoms with E-state index in [1.807, 2.05) is 47.5 Å². The van der Waals surface area contributed by atoms with Crippen LogP contribution in [0.25, 0.3) is 55.0 Å². The van der Waals surface area contributed by atoms with Crippen LogP contribution in [0.1, 0.15) is 67.6 Å². The van der Waals surface area contributed by atoms with E-state index in [9.17, 15) is 19.2 Å². The van der Waals surface area contributed by atoms with Crippen molar-refractivity contribution < 1.29 is 33.4 Å². The standard InChI is InChI=1S/C52H53N9O7/c1-66-51(64)58-42(29-6-4-3-5-7-29)49(62)60-21-20-53-48(60)47-55-40-17-14-35-25-34(13-16-39(35)44(40)57-47)31-8-9-33-26-36(11-10-32(33)24-31)41-28-54-46(56-41)45-37-12-15-38(27-37)61(45)50(63)43(59-52(65)67-2)30-18-22-68-23-19-30/h3-11,13-14,16-17,24-26,28,30,37-38,42-43,45,48,53H,12,15,18-23,27H2,1-2H3,(H,54,56)(H,55,57)(H,58,64)(H,59,65)/t37-,38+,42+,43-,45-,48+/m0/s1. The van der Waals surface area contributed by atoms with Crippen LogP contribution in [0.5, 0.6) is 0 Å². The van der Waals surface area contributed by atoms with E-state index in [0.717, 1.165) is 80.0 Å². The molecule has 16 nitrogen and oxygen atoms in total. The predicted molar refractivity (Wildman–Crippen MR) is 255 cm³/mol. The summed E-state index contributed by atoms with van der Waals surface area (Å²) in [7, 11) is 2.60. The number of imidazole rings is 2. The molecule has 1 saturated carbocycles. The Morgan fingerprint density at radius 2 is 1.46 bits per heavy atom. The molecule has 4 aliphatic rings. The highest BCUT2D eigenvalue weighted by atomic mass is 16.5. The number of carbonyl (C=O) groups excluding carboxylic acids is 4. The summed E-state index contributed by atoms with van der Waals surface area (Å²) in [5.74, 6) is 1.30. The Kier molecular flexibility index (Phi) is 11.5. The van der Waals surface area contributed by atoms with E-state index in [4.69, 9.17) is 24.2 Å².